The molecule has 2 atom stereocenters. The molecule has 1 aliphatic rings. The number of likely N-dealkylation sites (tertiary alicyclic amines) is 1. The molecule has 0 radical (unpaired) electrons. The number of benzene rings is 1. The Balaban J connectivity index is 1.92. The smallest absolute Gasteiger partial charge is 0.223 e. The Labute approximate surface area is 116 Å². The number of carbonyl (C=O) groups excluding carboxylic acids is 1. The third-order valence-corrected chi connectivity index (χ3v) is 3.95. The maximum absolute atomic E-state index is 12.1. The summed E-state index contributed by atoms with van der Waals surface area (Å²) in [4.78, 5) is 14.2. The molecule has 0 N–H and O–H groups in total. The second kappa shape index (κ2) is 6.23. The van der Waals surface area contributed by atoms with Gasteiger partial charge in [-0.3, -0.25) is 4.79 Å². The Hall–Kier alpha value is -1.31. The highest BCUT2D eigenvalue weighted by Crippen LogP contribution is 2.26. The summed E-state index contributed by atoms with van der Waals surface area (Å²) >= 11 is 0. The van der Waals surface area contributed by atoms with E-state index in [-0.39, 0.29) is 0 Å². The normalized spacial score (nSPS) is 21.2. The van der Waals surface area contributed by atoms with Crippen LogP contribution < -0.4 is 0 Å². The minimum atomic E-state index is 0.312. The maximum atomic E-state index is 12.1. The van der Waals surface area contributed by atoms with Gasteiger partial charge in [0.05, 0.1) is 0 Å². The Morgan fingerprint density at radius 2 is 1.89 bits per heavy atom. The molecule has 1 aromatic carbocycles. The largest absolute Gasteiger partial charge is 0.339 e. The molecule has 1 fully saturated rings. The average molecular weight is 259 g/mol. The summed E-state index contributed by atoms with van der Waals surface area (Å²) in [6.07, 6.45) is 2.87. The maximum Gasteiger partial charge on any atom is 0.223 e. The first kappa shape index (κ1) is 14.1. The molecular formula is C17H25NO. The van der Waals surface area contributed by atoms with Crippen LogP contribution in [0.15, 0.2) is 30.3 Å². The standard InChI is InChI=1S/C17H25NO/c1-13(2)9-16-11-17(19)18(12-16)14(3)10-15-7-5-4-6-8-15/h4-8,13-14,16H,9-12H2,1-3H3. The highest BCUT2D eigenvalue weighted by Gasteiger charge is 2.32. The van der Waals surface area contributed by atoms with Gasteiger partial charge in [0.15, 0.2) is 0 Å². The lowest BCUT2D eigenvalue weighted by molar-refractivity contribution is -0.129. The Morgan fingerprint density at radius 3 is 2.53 bits per heavy atom. The van der Waals surface area contributed by atoms with Gasteiger partial charge in [0, 0.05) is 19.0 Å². The summed E-state index contributed by atoms with van der Waals surface area (Å²) in [5, 5.41) is 0. The van der Waals surface area contributed by atoms with E-state index in [1.165, 1.54) is 12.0 Å². The molecule has 0 aromatic heterocycles. The van der Waals surface area contributed by atoms with E-state index in [1.807, 2.05) is 6.07 Å². The molecule has 0 spiro atoms. The summed E-state index contributed by atoms with van der Waals surface area (Å²) in [6, 6.07) is 10.8. The third-order valence-electron chi connectivity index (χ3n) is 3.95. The van der Waals surface area contributed by atoms with Gasteiger partial charge < -0.3 is 4.90 Å². The van der Waals surface area contributed by atoms with Gasteiger partial charge in [-0.1, -0.05) is 44.2 Å². The number of nitrogens with zero attached hydrogens (tertiary/aromatic N) is 1. The molecule has 104 valence electrons. The predicted molar refractivity (Wildman–Crippen MR) is 78.9 cm³/mol. The first-order chi connectivity index (χ1) is 9.06. The van der Waals surface area contributed by atoms with Gasteiger partial charge >= 0.3 is 0 Å². The summed E-state index contributed by atoms with van der Waals surface area (Å²) in [5.74, 6) is 1.59. The summed E-state index contributed by atoms with van der Waals surface area (Å²) < 4.78 is 0. The molecule has 19 heavy (non-hydrogen) atoms. The van der Waals surface area contributed by atoms with Crippen LogP contribution in [0.4, 0.5) is 0 Å². The molecule has 1 heterocycles. The van der Waals surface area contributed by atoms with Crippen LogP contribution in [-0.4, -0.2) is 23.4 Å². The van der Waals surface area contributed by atoms with E-state index < -0.39 is 0 Å². The fraction of sp³-hybridized carbons (Fsp3) is 0.588. The number of amides is 1. The summed E-state index contributed by atoms with van der Waals surface area (Å²) in [5.41, 5.74) is 1.31. The SMILES string of the molecule is CC(C)CC1CC(=O)N(C(C)Cc2ccccc2)C1. The second-order valence-electron chi connectivity index (χ2n) is 6.28. The van der Waals surface area contributed by atoms with Crippen molar-refractivity contribution in [2.45, 2.75) is 46.1 Å². The number of carbonyl (C=O) groups is 1. The van der Waals surface area contributed by atoms with Crippen molar-refractivity contribution in [2.24, 2.45) is 11.8 Å². The van der Waals surface area contributed by atoms with E-state index >= 15 is 0 Å². The first-order valence-corrected chi connectivity index (χ1v) is 7.39. The topological polar surface area (TPSA) is 20.3 Å². The van der Waals surface area contributed by atoms with Crippen LogP contribution in [0, 0.1) is 11.8 Å². The van der Waals surface area contributed by atoms with Gasteiger partial charge in [-0.15, -0.1) is 0 Å². The average Bonchev–Trinajstić information content (AvgIpc) is 2.70. The van der Waals surface area contributed by atoms with Crippen LogP contribution in [0.2, 0.25) is 0 Å². The van der Waals surface area contributed by atoms with Crippen molar-refractivity contribution in [3.63, 3.8) is 0 Å². The molecule has 1 aliphatic heterocycles. The van der Waals surface area contributed by atoms with Crippen LogP contribution in [-0.2, 0) is 11.2 Å². The van der Waals surface area contributed by atoms with Gasteiger partial charge in [0.1, 0.15) is 0 Å². The van der Waals surface area contributed by atoms with Crippen molar-refractivity contribution >= 4 is 5.91 Å². The first-order valence-electron chi connectivity index (χ1n) is 7.39. The number of hydrogen-bond donors (Lipinski definition) is 0. The van der Waals surface area contributed by atoms with Crippen molar-refractivity contribution < 1.29 is 4.79 Å². The van der Waals surface area contributed by atoms with Crippen LogP contribution in [0.1, 0.15) is 39.2 Å². The van der Waals surface area contributed by atoms with Crippen molar-refractivity contribution in [1.82, 2.24) is 4.90 Å². The van der Waals surface area contributed by atoms with Crippen LogP contribution in [0.25, 0.3) is 0 Å². The summed E-state index contributed by atoms with van der Waals surface area (Å²) in [6.45, 7) is 7.59. The zero-order valence-corrected chi connectivity index (χ0v) is 12.3. The van der Waals surface area contributed by atoms with Crippen LogP contribution in [0.3, 0.4) is 0 Å². The molecule has 1 amide bonds. The van der Waals surface area contributed by atoms with E-state index in [1.54, 1.807) is 0 Å². The van der Waals surface area contributed by atoms with E-state index in [2.05, 4.69) is 49.9 Å². The lowest BCUT2D eigenvalue weighted by Crippen LogP contribution is -2.36. The lowest BCUT2D eigenvalue weighted by atomic mass is 9.96. The van der Waals surface area contributed by atoms with E-state index in [4.69, 9.17) is 0 Å². The Bertz CT molecular complexity index is 413. The molecular weight excluding hydrogens is 234 g/mol. The fourth-order valence-corrected chi connectivity index (χ4v) is 3.12. The van der Waals surface area contributed by atoms with Crippen LogP contribution in [0.5, 0.6) is 0 Å². The van der Waals surface area contributed by atoms with Crippen LogP contribution >= 0.6 is 0 Å². The van der Waals surface area contributed by atoms with Gasteiger partial charge in [-0.2, -0.15) is 0 Å². The molecule has 2 rings (SSSR count). The Morgan fingerprint density at radius 1 is 1.21 bits per heavy atom. The van der Waals surface area contributed by atoms with Gasteiger partial charge in [0.2, 0.25) is 5.91 Å². The molecule has 2 nitrogen and oxygen atoms in total. The third kappa shape index (κ3) is 3.82. The molecule has 0 bridgehead atoms. The number of rotatable bonds is 5. The highest BCUT2D eigenvalue weighted by molar-refractivity contribution is 5.79. The minimum absolute atomic E-state index is 0.312. The molecule has 2 unspecified atom stereocenters. The quantitative estimate of drug-likeness (QED) is 0.792. The lowest BCUT2D eigenvalue weighted by Gasteiger charge is -2.25. The number of hydrogen-bond acceptors (Lipinski definition) is 1. The highest BCUT2D eigenvalue weighted by atomic mass is 16.2. The molecule has 1 saturated heterocycles. The zero-order valence-electron chi connectivity index (χ0n) is 12.3. The summed E-state index contributed by atoms with van der Waals surface area (Å²) in [7, 11) is 0. The predicted octanol–water partition coefficient (Wildman–Crippen LogP) is 3.51. The molecule has 0 saturated carbocycles. The monoisotopic (exact) mass is 259 g/mol. The van der Waals surface area contributed by atoms with Crippen molar-refractivity contribution in [2.75, 3.05) is 6.54 Å². The van der Waals surface area contributed by atoms with Crippen molar-refractivity contribution in [3.8, 4) is 0 Å². The van der Waals surface area contributed by atoms with Gasteiger partial charge in [-0.05, 0) is 37.2 Å². The molecule has 0 aliphatic carbocycles. The van der Waals surface area contributed by atoms with E-state index in [9.17, 15) is 4.79 Å². The molecule has 1 aromatic rings. The van der Waals surface area contributed by atoms with E-state index in [0.717, 1.165) is 19.4 Å². The Kier molecular flexibility index (Phi) is 4.62. The van der Waals surface area contributed by atoms with Crippen molar-refractivity contribution in [1.29, 1.82) is 0 Å². The zero-order chi connectivity index (χ0) is 13.8. The van der Waals surface area contributed by atoms with Gasteiger partial charge in [0.25, 0.3) is 0 Å². The second-order valence-corrected chi connectivity index (χ2v) is 6.28. The minimum Gasteiger partial charge on any atom is -0.339 e. The fourth-order valence-electron chi connectivity index (χ4n) is 3.12. The van der Waals surface area contributed by atoms with Gasteiger partial charge in [-0.25, -0.2) is 0 Å². The van der Waals surface area contributed by atoms with Crippen molar-refractivity contribution in [3.05, 3.63) is 35.9 Å². The van der Waals surface area contributed by atoms with E-state index in [0.29, 0.717) is 23.8 Å². The molecule has 2 heteroatoms.